The van der Waals surface area contributed by atoms with E-state index in [1.165, 1.54) is 0 Å². The van der Waals surface area contributed by atoms with E-state index in [0.717, 1.165) is 5.69 Å². The number of hydrogen-bond acceptors (Lipinski definition) is 3. The zero-order valence-corrected chi connectivity index (χ0v) is 9.63. The number of nitrogens with two attached hydrogens (primary N) is 1. The highest BCUT2D eigenvalue weighted by atomic mass is 16.4. The van der Waals surface area contributed by atoms with Crippen LogP contribution < -0.4 is 10.6 Å². The van der Waals surface area contributed by atoms with Gasteiger partial charge in [0.25, 0.3) is 0 Å². The number of para-hydroxylation sites is 1. The van der Waals surface area contributed by atoms with Crippen molar-refractivity contribution in [2.75, 3.05) is 11.9 Å². The maximum atomic E-state index is 12.3. The SMILES string of the molecule is CN(C(=O)C1(/C(N)=N/O)CC1)c1ccccc1. The normalized spacial score (nSPS) is 17.6. The van der Waals surface area contributed by atoms with Gasteiger partial charge in [0.05, 0.1) is 0 Å². The van der Waals surface area contributed by atoms with Crippen LogP contribution in [0.5, 0.6) is 0 Å². The van der Waals surface area contributed by atoms with Gasteiger partial charge in [-0.05, 0) is 25.0 Å². The lowest BCUT2D eigenvalue weighted by Crippen LogP contribution is -2.41. The summed E-state index contributed by atoms with van der Waals surface area (Å²) in [6, 6.07) is 9.31. The molecule has 1 aromatic rings. The van der Waals surface area contributed by atoms with Crippen LogP contribution in [0.2, 0.25) is 0 Å². The van der Waals surface area contributed by atoms with Crippen LogP contribution in [0.4, 0.5) is 5.69 Å². The molecule has 3 N–H and O–H groups in total. The minimum atomic E-state index is -0.792. The first-order valence-electron chi connectivity index (χ1n) is 5.43. The van der Waals surface area contributed by atoms with E-state index in [1.54, 1.807) is 11.9 Å². The summed E-state index contributed by atoms with van der Waals surface area (Å²) < 4.78 is 0. The lowest BCUT2D eigenvalue weighted by atomic mass is 10.0. The minimum absolute atomic E-state index is 0.00489. The van der Waals surface area contributed by atoms with Crippen molar-refractivity contribution in [1.82, 2.24) is 0 Å². The van der Waals surface area contributed by atoms with Gasteiger partial charge in [-0.3, -0.25) is 4.79 Å². The van der Waals surface area contributed by atoms with Gasteiger partial charge in [0.15, 0.2) is 5.84 Å². The van der Waals surface area contributed by atoms with Crippen LogP contribution in [0.25, 0.3) is 0 Å². The van der Waals surface area contributed by atoms with Crippen LogP contribution in [0.3, 0.4) is 0 Å². The molecule has 0 spiro atoms. The van der Waals surface area contributed by atoms with Crippen molar-refractivity contribution < 1.29 is 10.0 Å². The summed E-state index contributed by atoms with van der Waals surface area (Å²) in [6.45, 7) is 0. The predicted octanol–water partition coefficient (Wildman–Crippen LogP) is 1.18. The molecule has 0 atom stereocenters. The molecule has 2 rings (SSSR count). The Balaban J connectivity index is 2.22. The molecule has 1 amide bonds. The molecule has 17 heavy (non-hydrogen) atoms. The van der Waals surface area contributed by atoms with Crippen molar-refractivity contribution >= 4 is 17.4 Å². The fourth-order valence-corrected chi connectivity index (χ4v) is 1.89. The maximum absolute atomic E-state index is 12.3. The average molecular weight is 233 g/mol. The number of amidine groups is 1. The van der Waals surface area contributed by atoms with Gasteiger partial charge in [0, 0.05) is 12.7 Å². The van der Waals surface area contributed by atoms with Crippen molar-refractivity contribution in [3.8, 4) is 0 Å². The van der Waals surface area contributed by atoms with Gasteiger partial charge >= 0.3 is 0 Å². The molecule has 1 aliphatic rings. The molecule has 90 valence electrons. The number of nitrogens with zero attached hydrogens (tertiary/aromatic N) is 2. The second-order valence-corrected chi connectivity index (χ2v) is 4.27. The third-order valence-corrected chi connectivity index (χ3v) is 3.21. The number of amides is 1. The topological polar surface area (TPSA) is 78.9 Å². The molecule has 0 unspecified atom stereocenters. The molecule has 1 aliphatic carbocycles. The summed E-state index contributed by atoms with van der Waals surface area (Å²) in [5.74, 6) is -0.121. The van der Waals surface area contributed by atoms with Crippen LogP contribution in [0.15, 0.2) is 35.5 Å². The van der Waals surface area contributed by atoms with E-state index in [-0.39, 0.29) is 11.7 Å². The molecule has 5 heteroatoms. The van der Waals surface area contributed by atoms with Crippen LogP contribution in [0.1, 0.15) is 12.8 Å². The predicted molar refractivity (Wildman–Crippen MR) is 64.9 cm³/mol. The Morgan fingerprint density at radius 2 is 2.00 bits per heavy atom. The van der Waals surface area contributed by atoms with Gasteiger partial charge in [0.1, 0.15) is 5.41 Å². The summed E-state index contributed by atoms with van der Waals surface area (Å²) in [5, 5.41) is 11.7. The van der Waals surface area contributed by atoms with Gasteiger partial charge < -0.3 is 15.8 Å². The Labute approximate surface area is 99.5 Å². The van der Waals surface area contributed by atoms with E-state index in [0.29, 0.717) is 12.8 Å². The monoisotopic (exact) mass is 233 g/mol. The Kier molecular flexibility index (Phi) is 2.75. The average Bonchev–Trinajstić information content (AvgIpc) is 3.18. The van der Waals surface area contributed by atoms with Crippen molar-refractivity contribution in [3.63, 3.8) is 0 Å². The number of carbonyl (C=O) groups excluding carboxylic acids is 1. The zero-order valence-electron chi connectivity index (χ0n) is 9.63. The number of hydrogen-bond donors (Lipinski definition) is 2. The maximum Gasteiger partial charge on any atom is 0.240 e. The molecule has 1 fully saturated rings. The van der Waals surface area contributed by atoms with E-state index in [4.69, 9.17) is 10.9 Å². The number of anilines is 1. The number of carbonyl (C=O) groups is 1. The van der Waals surface area contributed by atoms with Crippen LogP contribution in [0, 0.1) is 5.41 Å². The Hall–Kier alpha value is -2.04. The number of oxime groups is 1. The summed E-state index contributed by atoms with van der Waals surface area (Å²) in [6.07, 6.45) is 1.28. The first-order chi connectivity index (χ1) is 8.12. The highest BCUT2D eigenvalue weighted by molar-refractivity contribution is 6.15. The Bertz CT molecular complexity index is 452. The molecule has 0 saturated heterocycles. The molecular formula is C12H15N3O2. The van der Waals surface area contributed by atoms with Gasteiger partial charge in [-0.15, -0.1) is 0 Å². The highest BCUT2D eigenvalue weighted by Crippen LogP contribution is 2.47. The second kappa shape index (κ2) is 4.08. The summed E-state index contributed by atoms with van der Waals surface area (Å²) >= 11 is 0. The zero-order chi connectivity index (χ0) is 12.5. The summed E-state index contributed by atoms with van der Waals surface area (Å²) in [4.78, 5) is 13.8. The fraction of sp³-hybridized carbons (Fsp3) is 0.333. The molecule has 0 radical (unpaired) electrons. The Morgan fingerprint density at radius 1 is 1.41 bits per heavy atom. The third kappa shape index (κ3) is 1.84. The molecule has 1 aromatic carbocycles. The smallest absolute Gasteiger partial charge is 0.240 e. The van der Waals surface area contributed by atoms with Gasteiger partial charge in [-0.1, -0.05) is 23.4 Å². The fourth-order valence-electron chi connectivity index (χ4n) is 1.89. The van der Waals surface area contributed by atoms with Gasteiger partial charge in [0.2, 0.25) is 5.91 Å². The first kappa shape index (κ1) is 11.4. The first-order valence-corrected chi connectivity index (χ1v) is 5.43. The molecular weight excluding hydrogens is 218 g/mol. The highest BCUT2D eigenvalue weighted by Gasteiger charge is 2.55. The van der Waals surface area contributed by atoms with E-state index >= 15 is 0 Å². The Morgan fingerprint density at radius 3 is 2.47 bits per heavy atom. The van der Waals surface area contributed by atoms with E-state index < -0.39 is 5.41 Å². The number of benzene rings is 1. The van der Waals surface area contributed by atoms with Crippen molar-refractivity contribution in [2.24, 2.45) is 16.3 Å². The summed E-state index contributed by atoms with van der Waals surface area (Å²) in [7, 11) is 1.70. The second-order valence-electron chi connectivity index (χ2n) is 4.27. The minimum Gasteiger partial charge on any atom is -0.409 e. The molecule has 1 saturated carbocycles. The van der Waals surface area contributed by atoms with Crippen molar-refractivity contribution in [1.29, 1.82) is 0 Å². The summed E-state index contributed by atoms with van der Waals surface area (Å²) in [5.41, 5.74) is 5.59. The molecule has 0 aromatic heterocycles. The lowest BCUT2D eigenvalue weighted by molar-refractivity contribution is -0.121. The lowest BCUT2D eigenvalue weighted by Gasteiger charge is -2.22. The molecule has 0 heterocycles. The molecule has 0 aliphatic heterocycles. The van der Waals surface area contributed by atoms with Crippen molar-refractivity contribution in [2.45, 2.75) is 12.8 Å². The van der Waals surface area contributed by atoms with Crippen molar-refractivity contribution in [3.05, 3.63) is 30.3 Å². The van der Waals surface area contributed by atoms with E-state index in [9.17, 15) is 4.79 Å². The van der Waals surface area contributed by atoms with Gasteiger partial charge in [-0.2, -0.15) is 0 Å². The third-order valence-electron chi connectivity index (χ3n) is 3.21. The number of rotatable bonds is 3. The van der Waals surface area contributed by atoms with E-state index in [1.807, 2.05) is 30.3 Å². The standard InChI is InChI=1S/C12H15N3O2/c1-15(9-5-3-2-4-6-9)11(16)12(7-8-12)10(13)14-17/h2-6,17H,7-8H2,1H3,(H2,13,14). The van der Waals surface area contributed by atoms with Crippen LogP contribution in [-0.4, -0.2) is 24.0 Å². The molecule has 0 bridgehead atoms. The van der Waals surface area contributed by atoms with Crippen LogP contribution >= 0.6 is 0 Å². The van der Waals surface area contributed by atoms with Gasteiger partial charge in [-0.25, -0.2) is 0 Å². The molecule has 5 nitrogen and oxygen atoms in total. The largest absolute Gasteiger partial charge is 0.409 e. The van der Waals surface area contributed by atoms with E-state index in [2.05, 4.69) is 5.16 Å². The quantitative estimate of drug-likeness (QED) is 0.356. The van der Waals surface area contributed by atoms with Crippen LogP contribution in [-0.2, 0) is 4.79 Å².